The van der Waals surface area contributed by atoms with Crippen LogP contribution in [0.4, 0.5) is 5.69 Å². The highest BCUT2D eigenvalue weighted by Gasteiger charge is 2.13. The van der Waals surface area contributed by atoms with Gasteiger partial charge in [0, 0.05) is 17.6 Å². The van der Waals surface area contributed by atoms with E-state index in [1.807, 2.05) is 0 Å². The predicted molar refractivity (Wildman–Crippen MR) is 66.1 cm³/mol. The first kappa shape index (κ1) is 12.4. The summed E-state index contributed by atoms with van der Waals surface area (Å²) in [5, 5.41) is 20.9. The van der Waals surface area contributed by atoms with E-state index in [0.29, 0.717) is 11.3 Å². The van der Waals surface area contributed by atoms with Gasteiger partial charge in [-0.2, -0.15) is 0 Å². The molecule has 1 heterocycles. The van der Waals surface area contributed by atoms with E-state index in [0.717, 1.165) is 5.39 Å². The third-order valence-electron chi connectivity index (χ3n) is 2.47. The van der Waals surface area contributed by atoms with Gasteiger partial charge in [0.1, 0.15) is 5.58 Å². The number of nitrogen functional groups attached to an aromatic ring is 1. The topological polar surface area (TPSA) is 109 Å². The van der Waals surface area contributed by atoms with Gasteiger partial charge >= 0.3 is 0 Å². The van der Waals surface area contributed by atoms with Crippen LogP contribution in [0.3, 0.4) is 0 Å². The molecule has 0 radical (unpaired) electrons. The van der Waals surface area contributed by atoms with E-state index in [4.69, 9.17) is 20.4 Å². The Kier molecular flexibility index (Phi) is 3.50. The molecule has 1 aromatic carbocycles. The number of carbonyl (C=O) groups excluding carboxylic acids is 1. The third-order valence-corrected chi connectivity index (χ3v) is 2.47. The first-order valence-corrected chi connectivity index (χ1v) is 5.46. The molecule has 18 heavy (non-hydrogen) atoms. The summed E-state index contributed by atoms with van der Waals surface area (Å²) in [5.41, 5.74) is 6.78. The fourth-order valence-corrected chi connectivity index (χ4v) is 1.54. The van der Waals surface area contributed by atoms with Crippen LogP contribution in [0.2, 0.25) is 0 Å². The Hall–Kier alpha value is -2.05. The standard InChI is InChI=1S/C12H14N2O4/c13-8-1-2-10-7(3-8)4-11(18-10)12(17)14-5-9(16)6-15/h1-4,9,15-16H,5-6,13H2,(H,14,17). The van der Waals surface area contributed by atoms with Crippen LogP contribution < -0.4 is 11.1 Å². The molecule has 96 valence electrons. The number of rotatable bonds is 4. The van der Waals surface area contributed by atoms with Crippen molar-refractivity contribution in [1.82, 2.24) is 5.32 Å². The second-order valence-corrected chi connectivity index (χ2v) is 3.95. The van der Waals surface area contributed by atoms with Gasteiger partial charge in [0.05, 0.1) is 12.7 Å². The molecule has 0 saturated carbocycles. The molecule has 1 amide bonds. The molecule has 2 aromatic rings. The summed E-state index contributed by atoms with van der Waals surface area (Å²) in [6.45, 7) is -0.439. The highest BCUT2D eigenvalue weighted by atomic mass is 16.3. The molecule has 1 aromatic heterocycles. The molecule has 0 fully saturated rings. The number of carbonyl (C=O) groups is 1. The number of fused-ring (bicyclic) bond motifs is 1. The number of nitrogens with one attached hydrogen (secondary N) is 1. The lowest BCUT2D eigenvalue weighted by atomic mass is 10.2. The van der Waals surface area contributed by atoms with E-state index >= 15 is 0 Å². The molecule has 0 spiro atoms. The largest absolute Gasteiger partial charge is 0.451 e. The maximum Gasteiger partial charge on any atom is 0.287 e. The predicted octanol–water partition coefficient (Wildman–Crippen LogP) is 0.0980. The van der Waals surface area contributed by atoms with Crippen molar-refractivity contribution in [3.63, 3.8) is 0 Å². The van der Waals surface area contributed by atoms with Crippen molar-refractivity contribution < 1.29 is 19.4 Å². The number of aliphatic hydroxyl groups is 2. The Morgan fingerprint density at radius 1 is 1.44 bits per heavy atom. The van der Waals surface area contributed by atoms with E-state index in [9.17, 15) is 4.79 Å². The van der Waals surface area contributed by atoms with Crippen LogP contribution in [0.5, 0.6) is 0 Å². The van der Waals surface area contributed by atoms with Crippen molar-refractivity contribution in [3.8, 4) is 0 Å². The number of nitrogens with two attached hydrogens (primary N) is 1. The number of benzene rings is 1. The molecule has 5 N–H and O–H groups in total. The van der Waals surface area contributed by atoms with E-state index in [-0.39, 0.29) is 12.3 Å². The van der Waals surface area contributed by atoms with Gasteiger partial charge in [-0.25, -0.2) is 0 Å². The number of amides is 1. The molecular formula is C12H14N2O4. The van der Waals surface area contributed by atoms with Crippen LogP contribution in [-0.4, -0.2) is 35.4 Å². The molecule has 2 rings (SSSR count). The number of hydrogen-bond acceptors (Lipinski definition) is 5. The monoisotopic (exact) mass is 250 g/mol. The van der Waals surface area contributed by atoms with Gasteiger partial charge in [-0.05, 0) is 24.3 Å². The third kappa shape index (κ3) is 2.61. The van der Waals surface area contributed by atoms with Gasteiger partial charge < -0.3 is 25.7 Å². The lowest BCUT2D eigenvalue weighted by molar-refractivity contribution is 0.0785. The minimum atomic E-state index is -0.978. The Morgan fingerprint density at radius 3 is 2.94 bits per heavy atom. The Morgan fingerprint density at radius 2 is 2.22 bits per heavy atom. The number of hydrogen-bond donors (Lipinski definition) is 4. The highest BCUT2D eigenvalue weighted by Crippen LogP contribution is 2.21. The molecule has 1 atom stereocenters. The molecule has 0 aliphatic rings. The number of anilines is 1. The smallest absolute Gasteiger partial charge is 0.287 e. The van der Waals surface area contributed by atoms with Gasteiger partial charge in [-0.15, -0.1) is 0 Å². The Bertz CT molecular complexity index is 564. The molecule has 0 bridgehead atoms. The summed E-state index contributed by atoms with van der Waals surface area (Å²) in [6, 6.07) is 6.65. The summed E-state index contributed by atoms with van der Waals surface area (Å²) < 4.78 is 5.34. The first-order chi connectivity index (χ1) is 8.60. The van der Waals surface area contributed by atoms with Gasteiger partial charge in [-0.1, -0.05) is 0 Å². The molecule has 0 aliphatic heterocycles. The Labute approximate surface area is 103 Å². The minimum Gasteiger partial charge on any atom is -0.451 e. The van der Waals surface area contributed by atoms with Crippen LogP contribution in [0.25, 0.3) is 11.0 Å². The maximum absolute atomic E-state index is 11.7. The molecule has 1 unspecified atom stereocenters. The van der Waals surface area contributed by atoms with Crippen LogP contribution in [0, 0.1) is 0 Å². The van der Waals surface area contributed by atoms with E-state index in [1.54, 1.807) is 24.3 Å². The maximum atomic E-state index is 11.7. The van der Waals surface area contributed by atoms with Crippen LogP contribution in [0.1, 0.15) is 10.6 Å². The highest BCUT2D eigenvalue weighted by molar-refractivity contribution is 5.96. The normalized spacial score (nSPS) is 12.6. The summed E-state index contributed by atoms with van der Waals surface area (Å²) in [6.07, 6.45) is -0.978. The average Bonchev–Trinajstić information content (AvgIpc) is 2.78. The number of aliphatic hydroxyl groups excluding tert-OH is 2. The molecule has 6 nitrogen and oxygen atoms in total. The van der Waals surface area contributed by atoms with Crippen LogP contribution in [-0.2, 0) is 0 Å². The second kappa shape index (κ2) is 5.07. The SMILES string of the molecule is Nc1ccc2oc(C(=O)NCC(O)CO)cc2c1. The summed E-state index contributed by atoms with van der Waals surface area (Å²) in [4.78, 5) is 11.7. The average molecular weight is 250 g/mol. The van der Waals surface area contributed by atoms with Crippen LogP contribution in [0.15, 0.2) is 28.7 Å². The van der Waals surface area contributed by atoms with Gasteiger partial charge in [0.2, 0.25) is 0 Å². The van der Waals surface area contributed by atoms with Gasteiger partial charge in [0.25, 0.3) is 5.91 Å². The van der Waals surface area contributed by atoms with Gasteiger partial charge in [0.15, 0.2) is 5.76 Å². The van der Waals surface area contributed by atoms with E-state index in [2.05, 4.69) is 5.32 Å². The van der Waals surface area contributed by atoms with Crippen molar-refractivity contribution in [2.45, 2.75) is 6.10 Å². The summed E-state index contributed by atoms with van der Waals surface area (Å²) in [7, 11) is 0. The fourth-order valence-electron chi connectivity index (χ4n) is 1.54. The van der Waals surface area contributed by atoms with E-state index in [1.165, 1.54) is 0 Å². The minimum absolute atomic E-state index is 0.0332. The summed E-state index contributed by atoms with van der Waals surface area (Å²) in [5.74, 6) is -0.307. The van der Waals surface area contributed by atoms with Crippen molar-refractivity contribution in [1.29, 1.82) is 0 Å². The molecular weight excluding hydrogens is 236 g/mol. The zero-order valence-corrected chi connectivity index (χ0v) is 9.59. The molecule has 0 saturated heterocycles. The van der Waals surface area contributed by atoms with Crippen molar-refractivity contribution in [2.24, 2.45) is 0 Å². The number of furan rings is 1. The second-order valence-electron chi connectivity index (χ2n) is 3.95. The van der Waals surface area contributed by atoms with Crippen molar-refractivity contribution in [2.75, 3.05) is 18.9 Å². The van der Waals surface area contributed by atoms with Crippen molar-refractivity contribution in [3.05, 3.63) is 30.0 Å². The zero-order valence-electron chi connectivity index (χ0n) is 9.59. The Balaban J connectivity index is 2.13. The van der Waals surface area contributed by atoms with Crippen molar-refractivity contribution >= 4 is 22.6 Å². The first-order valence-electron chi connectivity index (χ1n) is 5.46. The van der Waals surface area contributed by atoms with Crippen LogP contribution >= 0.6 is 0 Å². The molecule has 6 heteroatoms. The van der Waals surface area contributed by atoms with Gasteiger partial charge in [-0.3, -0.25) is 4.79 Å². The quantitative estimate of drug-likeness (QED) is 0.575. The lowest BCUT2D eigenvalue weighted by Gasteiger charge is -2.06. The van der Waals surface area contributed by atoms with E-state index < -0.39 is 18.6 Å². The fraction of sp³-hybridized carbons (Fsp3) is 0.250. The molecule has 0 aliphatic carbocycles. The lowest BCUT2D eigenvalue weighted by Crippen LogP contribution is -2.33. The summed E-state index contributed by atoms with van der Waals surface area (Å²) >= 11 is 0. The zero-order chi connectivity index (χ0) is 13.1.